The number of aromatic nitrogens is 1. The molecule has 0 unspecified atom stereocenters. The second-order valence-corrected chi connectivity index (χ2v) is 5.17. The highest BCUT2D eigenvalue weighted by molar-refractivity contribution is 9.10. The second kappa shape index (κ2) is 6.00. The fourth-order valence-corrected chi connectivity index (χ4v) is 2.15. The maximum Gasteiger partial charge on any atom is 0.338 e. The van der Waals surface area contributed by atoms with Gasteiger partial charge in [-0.1, -0.05) is 15.9 Å². The van der Waals surface area contributed by atoms with Crippen molar-refractivity contribution < 1.29 is 13.9 Å². The molecule has 1 aromatic heterocycles. The van der Waals surface area contributed by atoms with E-state index in [1.54, 1.807) is 19.1 Å². The Kier molecular flexibility index (Phi) is 4.34. The first-order valence-electron chi connectivity index (χ1n) is 5.79. The van der Waals surface area contributed by atoms with Crippen molar-refractivity contribution in [2.45, 2.75) is 13.5 Å². The molecule has 0 saturated heterocycles. The van der Waals surface area contributed by atoms with Crippen LogP contribution in [0.5, 0.6) is 0 Å². The number of carbonyl (C=O) groups is 1. The van der Waals surface area contributed by atoms with Crippen LogP contribution in [-0.2, 0) is 11.3 Å². The number of rotatable bonds is 3. The molecule has 0 atom stereocenters. The number of carbonyl (C=O) groups excluding carboxylic acids is 1. The van der Waals surface area contributed by atoms with Gasteiger partial charge in [0.05, 0.1) is 11.8 Å². The SMILES string of the molecule is Cc1c(N)cc(Br)cc1C(=O)OCc1cncc(F)c1. The maximum atomic E-state index is 13.0. The van der Waals surface area contributed by atoms with Gasteiger partial charge in [0.15, 0.2) is 0 Å². The summed E-state index contributed by atoms with van der Waals surface area (Å²) in [5.41, 5.74) is 7.80. The van der Waals surface area contributed by atoms with Gasteiger partial charge in [0.1, 0.15) is 12.4 Å². The maximum absolute atomic E-state index is 13.0. The Morgan fingerprint density at radius 3 is 2.85 bits per heavy atom. The van der Waals surface area contributed by atoms with Gasteiger partial charge in [-0.15, -0.1) is 0 Å². The Morgan fingerprint density at radius 2 is 2.15 bits per heavy atom. The third-order valence-electron chi connectivity index (χ3n) is 2.76. The molecule has 0 aliphatic heterocycles. The Bertz CT molecular complexity index is 662. The standard InChI is InChI=1S/C14H12BrFN2O2/c1-8-12(3-10(15)4-13(8)17)14(19)20-7-9-2-11(16)6-18-5-9/h2-6H,7,17H2,1H3. The van der Waals surface area contributed by atoms with Crippen molar-refractivity contribution in [2.24, 2.45) is 0 Å². The van der Waals surface area contributed by atoms with E-state index in [1.165, 1.54) is 12.3 Å². The van der Waals surface area contributed by atoms with Crippen LogP contribution in [0, 0.1) is 12.7 Å². The number of nitrogens with two attached hydrogens (primary N) is 1. The largest absolute Gasteiger partial charge is 0.457 e. The number of nitrogen functional groups attached to an aromatic ring is 1. The molecular weight excluding hydrogens is 327 g/mol. The Balaban J connectivity index is 2.13. The molecule has 0 bridgehead atoms. The zero-order chi connectivity index (χ0) is 14.7. The van der Waals surface area contributed by atoms with Gasteiger partial charge in [0.25, 0.3) is 0 Å². The molecule has 0 aliphatic carbocycles. The number of esters is 1. The second-order valence-electron chi connectivity index (χ2n) is 4.26. The molecule has 0 saturated carbocycles. The summed E-state index contributed by atoms with van der Waals surface area (Å²) in [5.74, 6) is -0.985. The fourth-order valence-electron chi connectivity index (χ4n) is 1.67. The molecule has 2 rings (SSSR count). The highest BCUT2D eigenvalue weighted by Gasteiger charge is 2.14. The minimum Gasteiger partial charge on any atom is -0.457 e. The monoisotopic (exact) mass is 338 g/mol. The number of nitrogens with zero attached hydrogens (tertiary/aromatic N) is 1. The lowest BCUT2D eigenvalue weighted by Gasteiger charge is -2.09. The molecule has 0 spiro atoms. The Labute approximate surface area is 123 Å². The number of pyridine rings is 1. The average Bonchev–Trinajstić information content (AvgIpc) is 2.40. The normalized spacial score (nSPS) is 10.3. The van der Waals surface area contributed by atoms with E-state index in [-0.39, 0.29) is 6.61 Å². The first-order valence-corrected chi connectivity index (χ1v) is 6.59. The lowest BCUT2D eigenvalue weighted by atomic mass is 10.1. The van der Waals surface area contributed by atoms with Gasteiger partial charge in [-0.05, 0) is 30.7 Å². The van der Waals surface area contributed by atoms with Crippen LogP contribution in [0.4, 0.5) is 10.1 Å². The molecule has 1 heterocycles. The van der Waals surface area contributed by atoms with E-state index in [4.69, 9.17) is 10.5 Å². The highest BCUT2D eigenvalue weighted by Crippen LogP contribution is 2.23. The lowest BCUT2D eigenvalue weighted by Crippen LogP contribution is -2.09. The van der Waals surface area contributed by atoms with Crippen LogP contribution in [0.15, 0.2) is 35.1 Å². The Morgan fingerprint density at radius 1 is 1.40 bits per heavy atom. The fraction of sp³-hybridized carbons (Fsp3) is 0.143. The van der Waals surface area contributed by atoms with Gasteiger partial charge in [-0.2, -0.15) is 0 Å². The van der Waals surface area contributed by atoms with E-state index >= 15 is 0 Å². The third kappa shape index (κ3) is 3.33. The molecule has 20 heavy (non-hydrogen) atoms. The number of halogens is 2. The minimum absolute atomic E-state index is 0.0462. The summed E-state index contributed by atoms with van der Waals surface area (Å²) >= 11 is 3.27. The summed E-state index contributed by atoms with van der Waals surface area (Å²) in [6.45, 7) is 1.69. The van der Waals surface area contributed by atoms with Gasteiger partial charge < -0.3 is 10.5 Å². The number of hydrogen-bond donors (Lipinski definition) is 1. The van der Waals surface area contributed by atoms with Crippen LogP contribution < -0.4 is 5.73 Å². The number of ether oxygens (including phenoxy) is 1. The zero-order valence-electron chi connectivity index (χ0n) is 10.7. The molecule has 0 radical (unpaired) electrons. The van der Waals surface area contributed by atoms with Crippen LogP contribution in [-0.4, -0.2) is 11.0 Å². The van der Waals surface area contributed by atoms with E-state index in [9.17, 15) is 9.18 Å². The molecule has 104 valence electrons. The van der Waals surface area contributed by atoms with Crippen molar-refractivity contribution in [3.8, 4) is 0 Å². The molecule has 0 amide bonds. The predicted octanol–water partition coefficient (Wildman–Crippen LogP) is 3.23. The summed E-state index contributed by atoms with van der Waals surface area (Å²) in [6, 6.07) is 4.61. The number of hydrogen-bond acceptors (Lipinski definition) is 4. The molecule has 0 aliphatic rings. The quantitative estimate of drug-likeness (QED) is 0.689. The van der Waals surface area contributed by atoms with E-state index < -0.39 is 11.8 Å². The van der Waals surface area contributed by atoms with Crippen LogP contribution in [0.2, 0.25) is 0 Å². The molecule has 4 nitrogen and oxygen atoms in total. The molecule has 0 fully saturated rings. The molecule has 2 N–H and O–H groups in total. The van der Waals surface area contributed by atoms with E-state index in [0.717, 1.165) is 6.20 Å². The van der Waals surface area contributed by atoms with Crippen molar-refractivity contribution >= 4 is 27.6 Å². The zero-order valence-corrected chi connectivity index (χ0v) is 12.3. The van der Waals surface area contributed by atoms with Gasteiger partial charge in [0, 0.05) is 21.9 Å². The summed E-state index contributed by atoms with van der Waals surface area (Å²) in [5, 5.41) is 0. The van der Waals surface area contributed by atoms with Crippen LogP contribution in [0.1, 0.15) is 21.5 Å². The summed E-state index contributed by atoms with van der Waals surface area (Å²) in [7, 11) is 0. The predicted molar refractivity (Wildman–Crippen MR) is 76.6 cm³/mol. The van der Waals surface area contributed by atoms with Crippen molar-refractivity contribution in [1.29, 1.82) is 0 Å². The van der Waals surface area contributed by atoms with Crippen molar-refractivity contribution in [3.05, 3.63) is 57.6 Å². The van der Waals surface area contributed by atoms with Crippen molar-refractivity contribution in [1.82, 2.24) is 4.98 Å². The molecular formula is C14H12BrFN2O2. The highest BCUT2D eigenvalue weighted by atomic mass is 79.9. The van der Waals surface area contributed by atoms with Crippen LogP contribution in [0.25, 0.3) is 0 Å². The van der Waals surface area contributed by atoms with Crippen LogP contribution in [0.3, 0.4) is 0 Å². The minimum atomic E-state index is -0.514. The summed E-state index contributed by atoms with van der Waals surface area (Å²) in [4.78, 5) is 15.7. The molecule has 1 aromatic carbocycles. The van der Waals surface area contributed by atoms with E-state index in [0.29, 0.717) is 26.9 Å². The summed E-state index contributed by atoms with van der Waals surface area (Å²) < 4.78 is 18.8. The van der Waals surface area contributed by atoms with Crippen molar-refractivity contribution in [2.75, 3.05) is 5.73 Å². The van der Waals surface area contributed by atoms with Gasteiger partial charge in [-0.25, -0.2) is 9.18 Å². The first-order chi connectivity index (χ1) is 9.47. The van der Waals surface area contributed by atoms with Crippen LogP contribution >= 0.6 is 15.9 Å². The van der Waals surface area contributed by atoms with E-state index in [1.807, 2.05) is 0 Å². The van der Waals surface area contributed by atoms with Gasteiger partial charge >= 0.3 is 5.97 Å². The summed E-state index contributed by atoms with van der Waals surface area (Å²) in [6.07, 6.45) is 2.53. The molecule has 6 heteroatoms. The third-order valence-corrected chi connectivity index (χ3v) is 3.22. The number of anilines is 1. The molecule has 2 aromatic rings. The topological polar surface area (TPSA) is 65.2 Å². The Hall–Kier alpha value is -1.95. The smallest absolute Gasteiger partial charge is 0.338 e. The average molecular weight is 339 g/mol. The first kappa shape index (κ1) is 14.5. The van der Waals surface area contributed by atoms with Gasteiger partial charge in [-0.3, -0.25) is 4.98 Å². The van der Waals surface area contributed by atoms with E-state index in [2.05, 4.69) is 20.9 Å². The van der Waals surface area contributed by atoms with Gasteiger partial charge in [0.2, 0.25) is 0 Å². The lowest BCUT2D eigenvalue weighted by molar-refractivity contribution is 0.0471. The van der Waals surface area contributed by atoms with Crippen molar-refractivity contribution in [3.63, 3.8) is 0 Å². The number of benzene rings is 1.